The molecule has 5 heteroatoms. The highest BCUT2D eigenvalue weighted by Crippen LogP contribution is 2.41. The Balaban J connectivity index is 1.39. The van der Waals surface area contributed by atoms with Crippen LogP contribution in [0.15, 0.2) is 71.8 Å². The van der Waals surface area contributed by atoms with Crippen LogP contribution in [0.2, 0.25) is 0 Å². The predicted octanol–water partition coefficient (Wildman–Crippen LogP) is 5.34. The second-order valence-electron chi connectivity index (χ2n) is 8.05. The summed E-state index contributed by atoms with van der Waals surface area (Å²) in [6.45, 7) is 5.73. The first-order chi connectivity index (χ1) is 15.2. The van der Waals surface area contributed by atoms with Gasteiger partial charge < -0.3 is 0 Å². The second kappa shape index (κ2) is 8.77. The van der Waals surface area contributed by atoms with Gasteiger partial charge in [-0.15, -0.1) is 0 Å². The van der Waals surface area contributed by atoms with Crippen LogP contribution in [0, 0.1) is 6.92 Å². The number of benzene rings is 2. The van der Waals surface area contributed by atoms with Crippen molar-refractivity contribution in [3.63, 3.8) is 0 Å². The Hall–Kier alpha value is -2.76. The number of aryl methyl sites for hydroxylation is 1. The molecule has 3 aromatic rings. The van der Waals surface area contributed by atoms with Crippen molar-refractivity contribution < 1.29 is 0 Å². The van der Waals surface area contributed by atoms with Crippen molar-refractivity contribution in [2.75, 3.05) is 26.2 Å². The molecule has 1 aromatic heterocycles. The number of piperazine rings is 1. The highest BCUT2D eigenvalue weighted by molar-refractivity contribution is 9.15. The molecule has 5 rings (SSSR count). The minimum Gasteiger partial charge on any atom is -0.294 e. The van der Waals surface area contributed by atoms with Gasteiger partial charge in [0.05, 0.1) is 18.0 Å². The van der Waals surface area contributed by atoms with Gasteiger partial charge in [0.15, 0.2) is 0 Å². The van der Waals surface area contributed by atoms with Crippen molar-refractivity contribution in [3.8, 4) is 0 Å². The van der Waals surface area contributed by atoms with Gasteiger partial charge in [-0.25, -0.2) is 0 Å². The molecule has 4 nitrogen and oxygen atoms in total. The van der Waals surface area contributed by atoms with Crippen molar-refractivity contribution >= 4 is 32.7 Å². The van der Waals surface area contributed by atoms with Gasteiger partial charge in [-0.3, -0.25) is 14.9 Å². The normalized spacial score (nSPS) is 19.0. The summed E-state index contributed by atoms with van der Waals surface area (Å²) in [5.74, 6) is 0. The standard InChI is InChI=1S/C26H25BrN4/c1-19-7-6-9-21(29-19)18-28-31-15-13-30(14-16-31)26-22-10-3-2-8-20(22)17-25(27)23-11-4-5-12-24(23)26/h2-12,17-18,26H,13-16H2,1H3/b28-18+. The van der Waals surface area contributed by atoms with E-state index in [1.165, 1.54) is 22.3 Å². The highest BCUT2D eigenvalue weighted by atomic mass is 79.9. The minimum atomic E-state index is 0.239. The molecule has 0 saturated carbocycles. The molecule has 1 aliphatic heterocycles. The Labute approximate surface area is 192 Å². The number of fused-ring (bicyclic) bond motifs is 2. The molecule has 0 spiro atoms. The summed E-state index contributed by atoms with van der Waals surface area (Å²) in [7, 11) is 0. The summed E-state index contributed by atoms with van der Waals surface area (Å²) in [6, 6.07) is 23.8. The van der Waals surface area contributed by atoms with E-state index in [4.69, 9.17) is 5.10 Å². The molecule has 2 aromatic carbocycles. The Kier molecular flexibility index (Phi) is 5.70. The fourth-order valence-corrected chi connectivity index (χ4v) is 5.09. The Morgan fingerprint density at radius 2 is 1.65 bits per heavy atom. The molecule has 1 saturated heterocycles. The van der Waals surface area contributed by atoms with Crippen LogP contribution in [0.1, 0.15) is 39.7 Å². The van der Waals surface area contributed by atoms with Crippen molar-refractivity contribution in [1.29, 1.82) is 0 Å². The zero-order valence-electron chi connectivity index (χ0n) is 17.6. The molecular weight excluding hydrogens is 448 g/mol. The number of aromatic nitrogens is 1. The van der Waals surface area contributed by atoms with Crippen LogP contribution < -0.4 is 0 Å². The second-order valence-corrected chi connectivity index (χ2v) is 8.90. The Morgan fingerprint density at radius 1 is 0.903 bits per heavy atom. The summed E-state index contributed by atoms with van der Waals surface area (Å²) in [4.78, 5) is 7.11. The van der Waals surface area contributed by atoms with E-state index >= 15 is 0 Å². The van der Waals surface area contributed by atoms with Crippen LogP contribution in [0.3, 0.4) is 0 Å². The fourth-order valence-electron chi connectivity index (χ4n) is 4.48. The van der Waals surface area contributed by atoms with E-state index in [1.54, 1.807) is 0 Å². The van der Waals surface area contributed by atoms with E-state index in [0.29, 0.717) is 0 Å². The monoisotopic (exact) mass is 472 g/mol. The van der Waals surface area contributed by atoms with Crippen LogP contribution in [-0.2, 0) is 0 Å². The molecule has 1 aliphatic carbocycles. The quantitative estimate of drug-likeness (QED) is 0.482. The van der Waals surface area contributed by atoms with Gasteiger partial charge in [0.2, 0.25) is 0 Å². The van der Waals surface area contributed by atoms with Crippen molar-refractivity contribution in [1.82, 2.24) is 14.9 Å². The third kappa shape index (κ3) is 4.21. The summed E-state index contributed by atoms with van der Waals surface area (Å²) < 4.78 is 1.15. The first kappa shape index (κ1) is 20.2. The van der Waals surface area contributed by atoms with Crippen LogP contribution in [0.4, 0.5) is 0 Å². The van der Waals surface area contributed by atoms with E-state index in [1.807, 2.05) is 31.3 Å². The van der Waals surface area contributed by atoms with Gasteiger partial charge in [0, 0.05) is 36.4 Å². The smallest absolute Gasteiger partial charge is 0.0833 e. The van der Waals surface area contributed by atoms with Gasteiger partial charge >= 0.3 is 0 Å². The maximum Gasteiger partial charge on any atom is 0.0833 e. The van der Waals surface area contributed by atoms with E-state index < -0.39 is 0 Å². The third-order valence-electron chi connectivity index (χ3n) is 6.00. The highest BCUT2D eigenvalue weighted by Gasteiger charge is 2.30. The van der Waals surface area contributed by atoms with Crippen LogP contribution in [-0.4, -0.2) is 47.3 Å². The van der Waals surface area contributed by atoms with Gasteiger partial charge in [0.25, 0.3) is 0 Å². The molecule has 2 aliphatic rings. The number of halogens is 1. The number of nitrogens with zero attached hydrogens (tertiary/aromatic N) is 4. The van der Waals surface area contributed by atoms with Crippen molar-refractivity contribution in [2.45, 2.75) is 13.0 Å². The van der Waals surface area contributed by atoms with Gasteiger partial charge in [-0.2, -0.15) is 5.10 Å². The molecule has 1 fully saturated rings. The lowest BCUT2D eigenvalue weighted by molar-refractivity contribution is 0.112. The molecule has 31 heavy (non-hydrogen) atoms. The fraction of sp³-hybridized carbons (Fsp3) is 0.231. The van der Waals surface area contributed by atoms with E-state index in [0.717, 1.165) is 42.0 Å². The first-order valence-corrected chi connectivity index (χ1v) is 11.5. The molecular formula is C26H25BrN4. The minimum absolute atomic E-state index is 0.239. The SMILES string of the molecule is Cc1cccc(/C=N/N2CCN(C3c4ccccc4C=C(Br)c4ccccc43)CC2)n1. The molecule has 0 amide bonds. The number of pyridine rings is 1. The number of hydrogen-bond donors (Lipinski definition) is 0. The Bertz CT molecular complexity index is 1150. The zero-order valence-corrected chi connectivity index (χ0v) is 19.2. The maximum absolute atomic E-state index is 4.69. The van der Waals surface area contributed by atoms with Gasteiger partial charge in [0.1, 0.15) is 0 Å². The average molecular weight is 473 g/mol. The number of rotatable bonds is 3. The molecule has 0 radical (unpaired) electrons. The molecule has 2 heterocycles. The molecule has 1 unspecified atom stereocenters. The topological polar surface area (TPSA) is 31.7 Å². The van der Waals surface area contributed by atoms with Crippen LogP contribution in [0.25, 0.3) is 10.6 Å². The lowest BCUT2D eigenvalue weighted by Gasteiger charge is -2.39. The molecule has 0 N–H and O–H groups in total. The summed E-state index contributed by atoms with van der Waals surface area (Å²) >= 11 is 3.83. The van der Waals surface area contributed by atoms with Crippen LogP contribution >= 0.6 is 15.9 Å². The first-order valence-electron chi connectivity index (χ1n) is 10.7. The molecule has 0 bridgehead atoms. The summed E-state index contributed by atoms with van der Waals surface area (Å²) in [6.07, 6.45) is 4.13. The van der Waals surface area contributed by atoms with Crippen LogP contribution in [0.5, 0.6) is 0 Å². The third-order valence-corrected chi connectivity index (χ3v) is 6.66. The zero-order chi connectivity index (χ0) is 21.2. The van der Waals surface area contributed by atoms with E-state index in [2.05, 4.69) is 85.4 Å². The van der Waals surface area contributed by atoms with Gasteiger partial charge in [-0.1, -0.05) is 70.5 Å². The van der Waals surface area contributed by atoms with Crippen molar-refractivity contribution in [2.24, 2.45) is 5.10 Å². The van der Waals surface area contributed by atoms with E-state index in [9.17, 15) is 0 Å². The summed E-state index contributed by atoms with van der Waals surface area (Å²) in [5.41, 5.74) is 7.20. The average Bonchev–Trinajstić information content (AvgIpc) is 2.92. The summed E-state index contributed by atoms with van der Waals surface area (Å²) in [5, 5.41) is 6.85. The van der Waals surface area contributed by atoms with Gasteiger partial charge in [-0.05, 0) is 47.4 Å². The largest absolute Gasteiger partial charge is 0.294 e. The Morgan fingerprint density at radius 3 is 2.45 bits per heavy atom. The lowest BCUT2D eigenvalue weighted by Crippen LogP contribution is -2.46. The lowest BCUT2D eigenvalue weighted by atomic mass is 9.92. The molecule has 156 valence electrons. The van der Waals surface area contributed by atoms with E-state index in [-0.39, 0.29) is 6.04 Å². The predicted molar refractivity (Wildman–Crippen MR) is 131 cm³/mol. The number of hydrogen-bond acceptors (Lipinski definition) is 4. The number of hydrazone groups is 1. The maximum atomic E-state index is 4.69. The molecule has 1 atom stereocenters. The van der Waals surface area contributed by atoms with Crippen molar-refractivity contribution in [3.05, 3.63) is 100 Å².